The molecular formula is C16H12N4O2S. The third-order valence-corrected chi connectivity index (χ3v) is 4.51. The number of carboxylic acids is 1. The summed E-state index contributed by atoms with van der Waals surface area (Å²) in [4.78, 5) is 16.8. The number of allylic oxidation sites excluding steroid dienone is 1. The Labute approximate surface area is 135 Å². The van der Waals surface area contributed by atoms with Crippen molar-refractivity contribution in [2.75, 3.05) is 5.32 Å². The van der Waals surface area contributed by atoms with Gasteiger partial charge in [0.1, 0.15) is 11.7 Å². The van der Waals surface area contributed by atoms with Crippen LogP contribution in [0.3, 0.4) is 0 Å². The van der Waals surface area contributed by atoms with Crippen molar-refractivity contribution in [3.8, 4) is 11.4 Å². The minimum atomic E-state index is -1.01. The molecule has 0 bridgehead atoms. The molecule has 0 aliphatic carbocycles. The summed E-state index contributed by atoms with van der Waals surface area (Å²) in [7, 11) is 0. The van der Waals surface area contributed by atoms with Gasteiger partial charge in [-0.1, -0.05) is 36.4 Å². The largest absolute Gasteiger partial charge is 0.477 e. The van der Waals surface area contributed by atoms with E-state index in [9.17, 15) is 9.90 Å². The van der Waals surface area contributed by atoms with E-state index in [4.69, 9.17) is 0 Å². The number of aromatic nitrogens is 3. The van der Waals surface area contributed by atoms with Crippen molar-refractivity contribution in [2.24, 2.45) is 0 Å². The summed E-state index contributed by atoms with van der Waals surface area (Å²) in [6.07, 6.45) is 1.66. The lowest BCUT2D eigenvalue weighted by atomic mass is 10.2. The highest BCUT2D eigenvalue weighted by molar-refractivity contribution is 7.10. The minimum Gasteiger partial charge on any atom is -0.477 e. The first-order chi connectivity index (χ1) is 11.2. The van der Waals surface area contributed by atoms with Crippen LogP contribution in [0.15, 0.2) is 59.6 Å². The summed E-state index contributed by atoms with van der Waals surface area (Å²) in [5, 5.41) is 18.7. The topological polar surface area (TPSA) is 80.0 Å². The molecule has 1 aromatic carbocycles. The third-order valence-electron chi connectivity index (χ3n) is 3.56. The van der Waals surface area contributed by atoms with Crippen LogP contribution in [0.25, 0.3) is 11.4 Å². The SMILES string of the molecule is O=C(O)C1=CC(c2cccs2)n2nc(-c3ccccc3)nc2N1. The molecule has 3 aromatic rings. The Bertz CT molecular complexity index is 884. The second-order valence-electron chi connectivity index (χ2n) is 5.04. The lowest BCUT2D eigenvalue weighted by Gasteiger charge is -2.20. The van der Waals surface area contributed by atoms with Crippen molar-refractivity contribution in [3.05, 3.63) is 64.5 Å². The predicted molar refractivity (Wildman–Crippen MR) is 87.3 cm³/mol. The first-order valence-electron chi connectivity index (χ1n) is 7.00. The molecule has 2 N–H and O–H groups in total. The standard InChI is InChI=1S/C16H12N4O2S/c21-15(22)11-9-12(13-7-4-8-23-13)20-16(17-11)18-14(19-20)10-5-2-1-3-6-10/h1-9,12H,(H,21,22)(H,17,18,19). The third kappa shape index (κ3) is 2.40. The zero-order valence-electron chi connectivity index (χ0n) is 11.9. The van der Waals surface area contributed by atoms with E-state index in [0.29, 0.717) is 11.8 Å². The zero-order chi connectivity index (χ0) is 15.8. The van der Waals surface area contributed by atoms with Crippen LogP contribution in [0.2, 0.25) is 0 Å². The molecule has 1 unspecified atom stereocenters. The van der Waals surface area contributed by atoms with Crippen molar-refractivity contribution in [1.29, 1.82) is 0 Å². The molecule has 1 atom stereocenters. The van der Waals surface area contributed by atoms with Gasteiger partial charge >= 0.3 is 5.97 Å². The number of thiophene rings is 1. The van der Waals surface area contributed by atoms with E-state index in [2.05, 4.69) is 15.4 Å². The molecule has 1 aliphatic heterocycles. The average molecular weight is 324 g/mol. The molecule has 0 saturated carbocycles. The highest BCUT2D eigenvalue weighted by Gasteiger charge is 2.27. The Hall–Kier alpha value is -2.93. The fourth-order valence-electron chi connectivity index (χ4n) is 2.49. The van der Waals surface area contributed by atoms with Gasteiger partial charge in [-0.15, -0.1) is 16.4 Å². The van der Waals surface area contributed by atoms with Gasteiger partial charge in [-0.2, -0.15) is 4.98 Å². The van der Waals surface area contributed by atoms with E-state index >= 15 is 0 Å². The predicted octanol–water partition coefficient (Wildman–Crippen LogP) is 2.99. The Morgan fingerprint density at radius 1 is 1.22 bits per heavy atom. The van der Waals surface area contributed by atoms with Gasteiger partial charge in [0.25, 0.3) is 0 Å². The van der Waals surface area contributed by atoms with Gasteiger partial charge in [-0.05, 0) is 17.5 Å². The maximum atomic E-state index is 11.4. The number of benzene rings is 1. The van der Waals surface area contributed by atoms with Crippen molar-refractivity contribution < 1.29 is 9.90 Å². The number of fused-ring (bicyclic) bond motifs is 1. The molecule has 0 amide bonds. The highest BCUT2D eigenvalue weighted by Crippen LogP contribution is 2.32. The van der Waals surface area contributed by atoms with Crippen LogP contribution in [0, 0.1) is 0 Å². The van der Waals surface area contributed by atoms with E-state index in [1.807, 2.05) is 47.8 Å². The Kier molecular flexibility index (Phi) is 3.20. The number of anilines is 1. The summed E-state index contributed by atoms with van der Waals surface area (Å²) >= 11 is 1.56. The molecular weight excluding hydrogens is 312 g/mol. The molecule has 1 aliphatic rings. The second kappa shape index (κ2) is 5.36. The molecule has 6 nitrogen and oxygen atoms in total. The molecule has 0 fully saturated rings. The van der Waals surface area contributed by atoms with Gasteiger partial charge in [0.15, 0.2) is 5.82 Å². The van der Waals surface area contributed by atoms with Gasteiger partial charge in [0.2, 0.25) is 5.95 Å². The first-order valence-corrected chi connectivity index (χ1v) is 7.88. The van der Waals surface area contributed by atoms with Crippen molar-refractivity contribution in [1.82, 2.24) is 14.8 Å². The smallest absolute Gasteiger partial charge is 0.352 e. The maximum Gasteiger partial charge on any atom is 0.352 e. The summed E-state index contributed by atoms with van der Waals surface area (Å²) in [6, 6.07) is 13.2. The molecule has 3 heterocycles. The number of hydrogen-bond donors (Lipinski definition) is 2. The van der Waals surface area contributed by atoms with Crippen molar-refractivity contribution in [3.63, 3.8) is 0 Å². The maximum absolute atomic E-state index is 11.4. The van der Waals surface area contributed by atoms with Crippen LogP contribution in [0.4, 0.5) is 5.95 Å². The second-order valence-corrected chi connectivity index (χ2v) is 6.02. The van der Waals surface area contributed by atoms with Crippen molar-refractivity contribution in [2.45, 2.75) is 6.04 Å². The number of carbonyl (C=O) groups is 1. The average Bonchev–Trinajstić information content (AvgIpc) is 3.24. The van der Waals surface area contributed by atoms with Crippen molar-refractivity contribution >= 4 is 23.3 Å². The Morgan fingerprint density at radius 2 is 2.04 bits per heavy atom. The van der Waals surface area contributed by atoms with E-state index < -0.39 is 5.97 Å². The van der Waals surface area contributed by atoms with Gasteiger partial charge in [-0.3, -0.25) is 0 Å². The van der Waals surface area contributed by atoms with Gasteiger partial charge in [0, 0.05) is 10.4 Å². The molecule has 2 aromatic heterocycles. The number of hydrogen-bond acceptors (Lipinski definition) is 5. The van der Waals surface area contributed by atoms with E-state index in [1.54, 1.807) is 22.1 Å². The fraction of sp³-hybridized carbons (Fsp3) is 0.0625. The summed E-state index contributed by atoms with van der Waals surface area (Å²) in [5.74, 6) is -0.0149. The van der Waals surface area contributed by atoms with Crippen LogP contribution in [-0.4, -0.2) is 25.8 Å². The molecule has 114 valence electrons. The lowest BCUT2D eigenvalue weighted by molar-refractivity contribution is -0.132. The van der Waals surface area contributed by atoms with E-state index in [1.165, 1.54) is 0 Å². The normalized spacial score (nSPS) is 16.3. The summed E-state index contributed by atoms with van der Waals surface area (Å²) in [5.41, 5.74) is 1.00. The summed E-state index contributed by atoms with van der Waals surface area (Å²) in [6.45, 7) is 0. The van der Waals surface area contributed by atoms with Gasteiger partial charge < -0.3 is 10.4 Å². The first kappa shape index (κ1) is 13.7. The fourth-order valence-corrected chi connectivity index (χ4v) is 3.27. The Morgan fingerprint density at radius 3 is 2.74 bits per heavy atom. The number of aliphatic carboxylic acids is 1. The lowest BCUT2D eigenvalue weighted by Crippen LogP contribution is -2.23. The van der Waals surface area contributed by atoms with Crippen LogP contribution >= 0.6 is 11.3 Å². The molecule has 7 heteroatoms. The van der Waals surface area contributed by atoms with Crippen LogP contribution in [-0.2, 0) is 4.79 Å². The van der Waals surface area contributed by atoms with E-state index in [0.717, 1.165) is 10.4 Å². The summed E-state index contributed by atoms with van der Waals surface area (Å²) < 4.78 is 1.72. The number of rotatable bonds is 3. The molecule has 0 spiro atoms. The van der Waals surface area contributed by atoms with Gasteiger partial charge in [-0.25, -0.2) is 9.48 Å². The minimum absolute atomic E-state index is 0.114. The van der Waals surface area contributed by atoms with Crippen LogP contribution in [0.1, 0.15) is 10.9 Å². The van der Waals surface area contributed by atoms with Gasteiger partial charge in [0.05, 0.1) is 0 Å². The molecule has 23 heavy (non-hydrogen) atoms. The monoisotopic (exact) mass is 324 g/mol. The highest BCUT2D eigenvalue weighted by atomic mass is 32.1. The molecule has 0 radical (unpaired) electrons. The zero-order valence-corrected chi connectivity index (χ0v) is 12.7. The quantitative estimate of drug-likeness (QED) is 0.774. The van der Waals surface area contributed by atoms with Crippen LogP contribution < -0.4 is 5.32 Å². The van der Waals surface area contributed by atoms with Crippen LogP contribution in [0.5, 0.6) is 0 Å². The number of nitrogens with zero attached hydrogens (tertiary/aromatic N) is 3. The molecule has 4 rings (SSSR count). The number of carboxylic acid groups (broad SMARTS) is 1. The number of nitrogens with one attached hydrogen (secondary N) is 1. The van der Waals surface area contributed by atoms with E-state index in [-0.39, 0.29) is 11.7 Å². The molecule has 0 saturated heterocycles. The Balaban J connectivity index is 1.83.